The Balaban J connectivity index is 1.40. The van der Waals surface area contributed by atoms with Crippen LogP contribution < -0.4 is 9.80 Å². The van der Waals surface area contributed by atoms with Gasteiger partial charge in [-0.05, 0) is 49.1 Å². The van der Waals surface area contributed by atoms with Crippen molar-refractivity contribution < 1.29 is 4.79 Å². The summed E-state index contributed by atoms with van der Waals surface area (Å²) in [5.74, 6) is 1.22. The van der Waals surface area contributed by atoms with Crippen LogP contribution in [-0.2, 0) is 11.2 Å². The number of hydrogen-bond acceptors (Lipinski definition) is 5. The zero-order chi connectivity index (χ0) is 20.5. The molecule has 0 aliphatic carbocycles. The lowest BCUT2D eigenvalue weighted by atomic mass is 10.2. The molecule has 0 atom stereocenters. The Hall–Kier alpha value is -2.51. The molecule has 0 saturated carbocycles. The lowest BCUT2D eigenvalue weighted by molar-refractivity contribution is -0.116. The van der Waals surface area contributed by atoms with E-state index in [0.29, 0.717) is 15.9 Å². The SMILES string of the molecule is O=C(CSc1nnc(N2CCCC2)n1-c1cccc(Cl)c1)N1CCc2ccccc21. The quantitative estimate of drug-likeness (QED) is 0.557. The third-order valence-electron chi connectivity index (χ3n) is 5.58. The molecule has 1 fully saturated rings. The smallest absolute Gasteiger partial charge is 0.237 e. The molecule has 1 saturated heterocycles. The van der Waals surface area contributed by atoms with Gasteiger partial charge in [0.25, 0.3) is 0 Å². The van der Waals surface area contributed by atoms with Crippen LogP contribution in [0, 0.1) is 0 Å². The number of fused-ring (bicyclic) bond motifs is 1. The van der Waals surface area contributed by atoms with E-state index >= 15 is 0 Å². The number of hydrogen-bond donors (Lipinski definition) is 0. The van der Waals surface area contributed by atoms with Crippen molar-refractivity contribution in [1.82, 2.24) is 14.8 Å². The van der Waals surface area contributed by atoms with Crippen LogP contribution in [0.2, 0.25) is 5.02 Å². The van der Waals surface area contributed by atoms with Crippen molar-refractivity contribution in [2.45, 2.75) is 24.4 Å². The number of aromatic nitrogens is 3. The van der Waals surface area contributed by atoms with E-state index in [4.69, 9.17) is 11.6 Å². The fraction of sp³-hybridized carbons (Fsp3) is 0.318. The largest absolute Gasteiger partial charge is 0.341 e. The molecule has 2 aliphatic rings. The third kappa shape index (κ3) is 3.68. The number of halogens is 1. The first-order chi connectivity index (χ1) is 14.7. The monoisotopic (exact) mass is 439 g/mol. The zero-order valence-electron chi connectivity index (χ0n) is 16.5. The van der Waals surface area contributed by atoms with E-state index in [1.165, 1.54) is 17.3 Å². The number of para-hydroxylation sites is 1. The maximum absolute atomic E-state index is 13.0. The van der Waals surface area contributed by atoms with E-state index < -0.39 is 0 Å². The van der Waals surface area contributed by atoms with Crippen LogP contribution in [0.5, 0.6) is 0 Å². The Morgan fingerprint density at radius 1 is 1.03 bits per heavy atom. The van der Waals surface area contributed by atoms with Gasteiger partial charge in [0.05, 0.1) is 11.4 Å². The Bertz CT molecular complexity index is 1080. The van der Waals surface area contributed by atoms with Gasteiger partial charge in [-0.15, -0.1) is 10.2 Å². The van der Waals surface area contributed by atoms with Crippen LogP contribution >= 0.6 is 23.4 Å². The van der Waals surface area contributed by atoms with Crippen molar-refractivity contribution >= 4 is 40.9 Å². The number of nitrogens with zero attached hydrogens (tertiary/aromatic N) is 5. The number of rotatable bonds is 5. The van der Waals surface area contributed by atoms with Crippen LogP contribution in [0.1, 0.15) is 18.4 Å². The Labute approximate surface area is 184 Å². The summed E-state index contributed by atoms with van der Waals surface area (Å²) in [7, 11) is 0. The predicted molar refractivity (Wildman–Crippen MR) is 121 cm³/mol. The van der Waals surface area contributed by atoms with Gasteiger partial charge < -0.3 is 9.80 Å². The topological polar surface area (TPSA) is 54.3 Å². The van der Waals surface area contributed by atoms with Gasteiger partial charge in [-0.3, -0.25) is 9.36 Å². The first kappa shape index (κ1) is 19.5. The van der Waals surface area contributed by atoms with Gasteiger partial charge in [0.1, 0.15) is 0 Å². The summed E-state index contributed by atoms with van der Waals surface area (Å²) < 4.78 is 2.02. The number of anilines is 2. The van der Waals surface area contributed by atoms with E-state index in [1.807, 2.05) is 51.9 Å². The molecule has 0 unspecified atom stereocenters. The summed E-state index contributed by atoms with van der Waals surface area (Å²) in [5.41, 5.74) is 3.17. The Morgan fingerprint density at radius 3 is 2.70 bits per heavy atom. The molecule has 2 aromatic carbocycles. The van der Waals surface area contributed by atoms with Crippen LogP contribution in [0.3, 0.4) is 0 Å². The number of carbonyl (C=O) groups is 1. The molecule has 30 heavy (non-hydrogen) atoms. The van der Waals surface area contributed by atoms with Crippen molar-refractivity contribution in [3.05, 3.63) is 59.1 Å². The van der Waals surface area contributed by atoms with Crippen LogP contribution in [0.25, 0.3) is 5.69 Å². The molecule has 0 spiro atoms. The highest BCUT2D eigenvalue weighted by atomic mass is 35.5. The molecule has 0 N–H and O–H groups in total. The molecule has 6 nitrogen and oxygen atoms in total. The van der Waals surface area contributed by atoms with Crippen molar-refractivity contribution in [2.24, 2.45) is 0 Å². The summed E-state index contributed by atoms with van der Waals surface area (Å²) in [5, 5.41) is 10.3. The average molecular weight is 440 g/mol. The molecule has 1 aromatic heterocycles. The Morgan fingerprint density at radius 2 is 1.87 bits per heavy atom. The lowest BCUT2D eigenvalue weighted by Crippen LogP contribution is -2.30. The van der Waals surface area contributed by atoms with E-state index in [0.717, 1.165) is 56.2 Å². The summed E-state index contributed by atoms with van der Waals surface area (Å²) >= 11 is 7.68. The van der Waals surface area contributed by atoms with Gasteiger partial charge in [-0.1, -0.05) is 47.6 Å². The minimum Gasteiger partial charge on any atom is -0.341 e. The van der Waals surface area contributed by atoms with Gasteiger partial charge in [-0.25, -0.2) is 0 Å². The lowest BCUT2D eigenvalue weighted by Gasteiger charge is -2.19. The van der Waals surface area contributed by atoms with Gasteiger partial charge >= 0.3 is 0 Å². The van der Waals surface area contributed by atoms with Gasteiger partial charge in [0, 0.05) is 30.3 Å². The minimum absolute atomic E-state index is 0.0910. The fourth-order valence-electron chi connectivity index (χ4n) is 4.12. The highest BCUT2D eigenvalue weighted by Gasteiger charge is 2.26. The molecule has 3 heterocycles. The summed E-state index contributed by atoms with van der Waals surface area (Å²) in [4.78, 5) is 17.1. The second-order valence-electron chi connectivity index (χ2n) is 7.50. The van der Waals surface area contributed by atoms with E-state index in [2.05, 4.69) is 21.2 Å². The summed E-state index contributed by atoms with van der Waals surface area (Å²) in [6.07, 6.45) is 3.21. The normalized spacial score (nSPS) is 15.6. The first-order valence-electron chi connectivity index (χ1n) is 10.2. The van der Waals surface area contributed by atoms with Crippen molar-refractivity contribution in [3.8, 4) is 5.69 Å². The van der Waals surface area contributed by atoms with Crippen molar-refractivity contribution in [2.75, 3.05) is 35.2 Å². The Kier molecular flexibility index (Phi) is 5.39. The second kappa shape index (κ2) is 8.32. The first-order valence-corrected chi connectivity index (χ1v) is 11.5. The maximum atomic E-state index is 13.0. The minimum atomic E-state index is 0.0910. The molecule has 8 heteroatoms. The second-order valence-corrected chi connectivity index (χ2v) is 8.88. The standard InChI is InChI=1S/C22H22ClN5OS/c23-17-7-5-8-18(14-17)28-21(26-11-3-4-12-26)24-25-22(28)30-15-20(29)27-13-10-16-6-1-2-9-19(16)27/h1-2,5-9,14H,3-4,10-13,15H2. The third-order valence-corrected chi connectivity index (χ3v) is 6.73. The van der Waals surface area contributed by atoms with Crippen molar-refractivity contribution in [1.29, 1.82) is 0 Å². The number of carbonyl (C=O) groups excluding carboxylic acids is 1. The van der Waals surface area contributed by atoms with Gasteiger partial charge in [0.15, 0.2) is 5.16 Å². The van der Waals surface area contributed by atoms with E-state index in [9.17, 15) is 4.79 Å². The molecule has 154 valence electrons. The molecule has 0 bridgehead atoms. The zero-order valence-corrected chi connectivity index (χ0v) is 18.1. The average Bonchev–Trinajstić information content (AvgIpc) is 3.51. The predicted octanol–water partition coefficient (Wildman–Crippen LogP) is 4.20. The molecule has 0 radical (unpaired) electrons. The highest BCUT2D eigenvalue weighted by Crippen LogP contribution is 2.32. The summed E-state index contributed by atoms with van der Waals surface area (Å²) in [6, 6.07) is 15.8. The maximum Gasteiger partial charge on any atom is 0.237 e. The fourth-order valence-corrected chi connectivity index (χ4v) is 5.13. The molecule has 5 rings (SSSR count). The van der Waals surface area contributed by atoms with Crippen molar-refractivity contribution in [3.63, 3.8) is 0 Å². The van der Waals surface area contributed by atoms with E-state index in [-0.39, 0.29) is 5.91 Å². The number of benzene rings is 2. The summed E-state index contributed by atoms with van der Waals surface area (Å²) in [6.45, 7) is 2.67. The van der Waals surface area contributed by atoms with E-state index in [1.54, 1.807) is 0 Å². The van der Waals surface area contributed by atoms with Crippen LogP contribution in [0.15, 0.2) is 53.7 Å². The molecular formula is C22H22ClN5OS. The number of amides is 1. The molecule has 3 aromatic rings. The molecular weight excluding hydrogens is 418 g/mol. The molecule has 2 aliphatic heterocycles. The van der Waals surface area contributed by atoms with Crippen LogP contribution in [0.4, 0.5) is 11.6 Å². The van der Waals surface area contributed by atoms with Gasteiger partial charge in [0.2, 0.25) is 11.9 Å². The van der Waals surface area contributed by atoms with Crippen LogP contribution in [-0.4, -0.2) is 46.1 Å². The number of thioether (sulfide) groups is 1. The highest BCUT2D eigenvalue weighted by molar-refractivity contribution is 7.99. The van der Waals surface area contributed by atoms with Gasteiger partial charge in [-0.2, -0.15) is 0 Å². The molecule has 1 amide bonds.